The first-order valence-electron chi connectivity index (χ1n) is 9.73. The SMILES string of the molecule is CCN(CC)O[Si](ON(CC)CC)(ON(CC)CC)ON(CC)CC. The largest absolute Gasteiger partial charge is 0.749 e. The summed E-state index contributed by atoms with van der Waals surface area (Å²) in [6.07, 6.45) is 0. The zero-order chi connectivity index (χ0) is 19.3. The van der Waals surface area contributed by atoms with Gasteiger partial charge in [-0.1, -0.05) is 55.4 Å². The normalized spacial score (nSPS) is 13.0. The third-order valence-electron chi connectivity index (χ3n) is 3.79. The van der Waals surface area contributed by atoms with E-state index in [9.17, 15) is 0 Å². The molecule has 9 heteroatoms. The van der Waals surface area contributed by atoms with E-state index in [4.69, 9.17) is 18.1 Å². The summed E-state index contributed by atoms with van der Waals surface area (Å²) < 4.78 is 24.9. The van der Waals surface area contributed by atoms with Gasteiger partial charge in [-0.3, -0.25) is 18.1 Å². The molecule has 0 aromatic carbocycles. The van der Waals surface area contributed by atoms with Crippen LogP contribution in [0.1, 0.15) is 55.4 Å². The Bertz CT molecular complexity index is 251. The van der Waals surface area contributed by atoms with Gasteiger partial charge in [0.1, 0.15) is 0 Å². The summed E-state index contributed by atoms with van der Waals surface area (Å²) in [4.78, 5) is 0. The minimum atomic E-state index is -3.51. The molecule has 0 saturated carbocycles. The molecule has 0 amide bonds. The Hall–Kier alpha value is -0.103. The third-order valence-corrected chi connectivity index (χ3v) is 5.71. The lowest BCUT2D eigenvalue weighted by Crippen LogP contribution is -2.61. The highest BCUT2D eigenvalue weighted by atomic mass is 28.4. The average Bonchev–Trinajstić information content (AvgIpc) is 2.66. The molecule has 0 aromatic heterocycles. The smallest absolute Gasteiger partial charge is 0.260 e. The molecule has 152 valence electrons. The van der Waals surface area contributed by atoms with Crippen molar-refractivity contribution in [2.24, 2.45) is 0 Å². The highest BCUT2D eigenvalue weighted by Crippen LogP contribution is 2.20. The van der Waals surface area contributed by atoms with E-state index in [-0.39, 0.29) is 0 Å². The first kappa shape index (κ1) is 24.9. The maximum Gasteiger partial charge on any atom is 0.749 e. The quantitative estimate of drug-likeness (QED) is 0.299. The van der Waals surface area contributed by atoms with Crippen molar-refractivity contribution < 1.29 is 18.1 Å². The van der Waals surface area contributed by atoms with E-state index >= 15 is 0 Å². The van der Waals surface area contributed by atoms with Gasteiger partial charge < -0.3 is 0 Å². The maximum absolute atomic E-state index is 6.22. The van der Waals surface area contributed by atoms with Crippen LogP contribution in [-0.4, -0.2) is 81.7 Å². The van der Waals surface area contributed by atoms with Crippen LogP contribution in [0.3, 0.4) is 0 Å². The number of hydrogen-bond acceptors (Lipinski definition) is 8. The van der Waals surface area contributed by atoms with Gasteiger partial charge in [-0.15, -0.1) is 0 Å². The molecular weight excluding hydrogens is 340 g/mol. The molecule has 0 aliphatic carbocycles. The van der Waals surface area contributed by atoms with Gasteiger partial charge in [0, 0.05) is 52.4 Å². The van der Waals surface area contributed by atoms with Crippen LogP contribution in [0.5, 0.6) is 0 Å². The van der Waals surface area contributed by atoms with Crippen molar-refractivity contribution in [3.05, 3.63) is 0 Å². The molecule has 0 aliphatic rings. The van der Waals surface area contributed by atoms with Crippen LogP contribution < -0.4 is 0 Å². The van der Waals surface area contributed by atoms with Crippen molar-refractivity contribution in [1.29, 1.82) is 0 Å². The van der Waals surface area contributed by atoms with Crippen LogP contribution in [0.2, 0.25) is 0 Å². The van der Waals surface area contributed by atoms with Crippen molar-refractivity contribution >= 4 is 9.05 Å². The fraction of sp³-hybridized carbons (Fsp3) is 1.00. The summed E-state index contributed by atoms with van der Waals surface area (Å²) in [6, 6.07) is 0. The molecule has 0 heterocycles. The molecular formula is C16H40N4O4Si. The molecule has 25 heavy (non-hydrogen) atoms. The van der Waals surface area contributed by atoms with Crippen molar-refractivity contribution in [3.8, 4) is 0 Å². The lowest BCUT2D eigenvalue weighted by molar-refractivity contribution is -0.294. The van der Waals surface area contributed by atoms with Crippen LogP contribution in [0.15, 0.2) is 0 Å². The van der Waals surface area contributed by atoms with Gasteiger partial charge in [-0.2, -0.15) is 20.3 Å². The summed E-state index contributed by atoms with van der Waals surface area (Å²) in [5.74, 6) is 0. The fourth-order valence-electron chi connectivity index (χ4n) is 2.14. The zero-order valence-corrected chi connectivity index (χ0v) is 18.6. The summed E-state index contributed by atoms with van der Waals surface area (Å²) in [6.45, 7) is 22.0. The standard InChI is InChI=1S/C16H40N4O4Si/c1-9-17(10-2)21-25(22-18(11-3)12-4,23-19(13-5)14-6)24-20(15-7)16-8/h9-16H2,1-8H3. The molecule has 0 aliphatic heterocycles. The van der Waals surface area contributed by atoms with Gasteiger partial charge in [-0.25, -0.2) is 0 Å². The second kappa shape index (κ2) is 14.0. The van der Waals surface area contributed by atoms with Crippen molar-refractivity contribution in [3.63, 3.8) is 0 Å². The second-order valence-electron chi connectivity index (χ2n) is 5.32. The fourth-order valence-corrected chi connectivity index (χ4v) is 4.64. The summed E-state index contributed by atoms with van der Waals surface area (Å²) in [5, 5.41) is 7.29. The molecule has 0 fully saturated rings. The second-order valence-corrected chi connectivity index (χ2v) is 7.05. The molecule has 0 rings (SSSR count). The molecule has 0 aromatic rings. The predicted molar refractivity (Wildman–Crippen MR) is 102 cm³/mol. The molecule has 8 nitrogen and oxygen atoms in total. The average molecular weight is 381 g/mol. The van der Waals surface area contributed by atoms with Crippen LogP contribution >= 0.6 is 0 Å². The van der Waals surface area contributed by atoms with Gasteiger partial charge >= 0.3 is 9.05 Å². The van der Waals surface area contributed by atoms with Crippen molar-refractivity contribution in [2.45, 2.75) is 55.4 Å². The van der Waals surface area contributed by atoms with Crippen molar-refractivity contribution in [2.75, 3.05) is 52.4 Å². The molecule has 0 saturated heterocycles. The minimum Gasteiger partial charge on any atom is -0.260 e. The predicted octanol–water partition coefficient (Wildman–Crippen LogP) is 2.52. The Morgan fingerprint density at radius 1 is 0.400 bits per heavy atom. The number of hydrogen-bond donors (Lipinski definition) is 0. The van der Waals surface area contributed by atoms with E-state index < -0.39 is 9.05 Å². The number of rotatable bonds is 16. The van der Waals surface area contributed by atoms with Gasteiger partial charge in [0.2, 0.25) is 0 Å². The van der Waals surface area contributed by atoms with E-state index in [0.717, 1.165) is 52.4 Å². The van der Waals surface area contributed by atoms with E-state index in [1.807, 2.05) is 75.6 Å². The van der Waals surface area contributed by atoms with Gasteiger partial charge in [0.05, 0.1) is 0 Å². The number of hydroxylamine groups is 8. The molecule has 0 N–H and O–H groups in total. The molecule has 0 bridgehead atoms. The maximum atomic E-state index is 6.22. The van der Waals surface area contributed by atoms with Crippen LogP contribution in [-0.2, 0) is 18.1 Å². The Kier molecular flexibility index (Phi) is 14.0. The number of nitrogens with zero attached hydrogens (tertiary/aromatic N) is 4. The summed E-state index contributed by atoms with van der Waals surface area (Å²) in [7, 11) is -3.51. The van der Waals surface area contributed by atoms with E-state index in [1.165, 1.54) is 0 Å². The Labute approximate surface area is 155 Å². The van der Waals surface area contributed by atoms with Gasteiger partial charge in [0.25, 0.3) is 0 Å². The van der Waals surface area contributed by atoms with E-state index in [0.29, 0.717) is 0 Å². The van der Waals surface area contributed by atoms with Crippen LogP contribution in [0, 0.1) is 0 Å². The van der Waals surface area contributed by atoms with Crippen LogP contribution in [0.25, 0.3) is 0 Å². The van der Waals surface area contributed by atoms with Crippen LogP contribution in [0.4, 0.5) is 0 Å². The summed E-state index contributed by atoms with van der Waals surface area (Å²) >= 11 is 0. The topological polar surface area (TPSA) is 49.9 Å². The first-order chi connectivity index (χ1) is 12.0. The Morgan fingerprint density at radius 2 is 0.560 bits per heavy atom. The van der Waals surface area contributed by atoms with E-state index in [2.05, 4.69) is 0 Å². The molecule has 0 radical (unpaired) electrons. The third kappa shape index (κ3) is 8.89. The van der Waals surface area contributed by atoms with E-state index in [1.54, 1.807) is 0 Å². The first-order valence-corrected chi connectivity index (χ1v) is 11.4. The molecule has 0 spiro atoms. The minimum absolute atomic E-state index is 0.718. The monoisotopic (exact) mass is 380 g/mol. The highest BCUT2D eigenvalue weighted by molar-refractivity contribution is 6.53. The van der Waals surface area contributed by atoms with Gasteiger partial charge in [0.15, 0.2) is 0 Å². The lowest BCUT2D eigenvalue weighted by Gasteiger charge is -2.38. The highest BCUT2D eigenvalue weighted by Gasteiger charge is 2.54. The Morgan fingerprint density at radius 3 is 0.680 bits per heavy atom. The Balaban J connectivity index is 5.69. The summed E-state index contributed by atoms with van der Waals surface area (Å²) in [5.41, 5.74) is 0. The molecule has 0 atom stereocenters. The lowest BCUT2D eigenvalue weighted by atomic mass is 10.6. The molecule has 0 unspecified atom stereocenters. The zero-order valence-electron chi connectivity index (χ0n) is 17.6. The van der Waals surface area contributed by atoms with Crippen molar-refractivity contribution in [1.82, 2.24) is 20.3 Å². The van der Waals surface area contributed by atoms with Gasteiger partial charge in [-0.05, 0) is 0 Å².